The van der Waals surface area contributed by atoms with Crippen LogP contribution in [0.2, 0.25) is 0 Å². The average molecular weight is 436 g/mol. The number of sulfonamides is 1. The van der Waals surface area contributed by atoms with Crippen molar-refractivity contribution in [2.24, 2.45) is 0 Å². The van der Waals surface area contributed by atoms with Crippen LogP contribution in [-0.4, -0.2) is 25.4 Å². The van der Waals surface area contributed by atoms with Gasteiger partial charge in [0.15, 0.2) is 0 Å². The van der Waals surface area contributed by atoms with Crippen LogP contribution >= 0.6 is 31.9 Å². The standard InChI is InChI=1S/C12H12Br2N4O2S/c1-7-3-9(13)11(10(14)4-7)18-21(19,20)8-5-16-12(15-2)17-6-8/h3-6,18H,1-2H3,(H,15,16,17). The van der Waals surface area contributed by atoms with Gasteiger partial charge in [-0.05, 0) is 56.5 Å². The Hall–Kier alpha value is -1.19. The highest BCUT2D eigenvalue weighted by Crippen LogP contribution is 2.33. The molecule has 1 aromatic heterocycles. The molecule has 0 saturated carbocycles. The van der Waals surface area contributed by atoms with E-state index in [4.69, 9.17) is 0 Å². The summed E-state index contributed by atoms with van der Waals surface area (Å²) in [5.74, 6) is 0.353. The lowest BCUT2D eigenvalue weighted by Crippen LogP contribution is -2.15. The summed E-state index contributed by atoms with van der Waals surface area (Å²) >= 11 is 6.70. The highest BCUT2D eigenvalue weighted by Gasteiger charge is 2.18. The van der Waals surface area contributed by atoms with Gasteiger partial charge >= 0.3 is 0 Å². The van der Waals surface area contributed by atoms with Crippen molar-refractivity contribution >= 4 is 53.5 Å². The molecule has 0 atom stereocenters. The first-order chi connectivity index (χ1) is 9.83. The molecule has 0 aliphatic heterocycles. The zero-order chi connectivity index (χ0) is 15.6. The van der Waals surface area contributed by atoms with Crippen molar-refractivity contribution < 1.29 is 8.42 Å². The van der Waals surface area contributed by atoms with E-state index >= 15 is 0 Å². The molecule has 2 aromatic rings. The molecule has 1 aromatic carbocycles. The topological polar surface area (TPSA) is 84.0 Å². The number of nitrogens with one attached hydrogen (secondary N) is 2. The van der Waals surface area contributed by atoms with Crippen LogP contribution in [0.5, 0.6) is 0 Å². The van der Waals surface area contributed by atoms with Gasteiger partial charge in [-0.25, -0.2) is 18.4 Å². The van der Waals surface area contributed by atoms with Gasteiger partial charge in [0.05, 0.1) is 18.1 Å². The predicted octanol–water partition coefficient (Wildman–Crippen LogP) is 3.15. The third kappa shape index (κ3) is 3.72. The lowest BCUT2D eigenvalue weighted by atomic mass is 10.2. The molecule has 0 aliphatic rings. The second-order valence-electron chi connectivity index (χ2n) is 4.20. The number of nitrogens with zero attached hydrogens (tertiary/aromatic N) is 2. The minimum atomic E-state index is -3.76. The minimum Gasteiger partial charge on any atom is -0.357 e. The number of aromatic nitrogens is 2. The van der Waals surface area contributed by atoms with E-state index < -0.39 is 10.0 Å². The molecule has 112 valence electrons. The minimum absolute atomic E-state index is 0.0131. The van der Waals surface area contributed by atoms with Crippen LogP contribution in [0.4, 0.5) is 11.6 Å². The molecule has 0 amide bonds. The van der Waals surface area contributed by atoms with E-state index in [0.717, 1.165) is 5.56 Å². The van der Waals surface area contributed by atoms with Gasteiger partial charge in [-0.15, -0.1) is 0 Å². The van der Waals surface area contributed by atoms with Crippen molar-refractivity contribution in [3.05, 3.63) is 39.0 Å². The Kier molecular flexibility index (Phi) is 4.84. The van der Waals surface area contributed by atoms with E-state index in [-0.39, 0.29) is 4.90 Å². The molecule has 0 spiro atoms. The molecule has 2 rings (SSSR count). The number of aryl methyl sites for hydroxylation is 1. The Labute approximate surface area is 139 Å². The molecule has 0 saturated heterocycles. The van der Waals surface area contributed by atoms with E-state index in [0.29, 0.717) is 20.6 Å². The second-order valence-corrected chi connectivity index (χ2v) is 7.59. The van der Waals surface area contributed by atoms with Gasteiger partial charge in [0, 0.05) is 16.0 Å². The second kappa shape index (κ2) is 6.29. The highest BCUT2D eigenvalue weighted by atomic mass is 79.9. The fraction of sp³-hybridized carbons (Fsp3) is 0.167. The monoisotopic (exact) mass is 434 g/mol. The fourth-order valence-electron chi connectivity index (χ4n) is 1.57. The Bertz CT molecular complexity index is 740. The number of benzene rings is 1. The molecule has 0 aliphatic carbocycles. The van der Waals surface area contributed by atoms with Crippen LogP contribution in [-0.2, 0) is 10.0 Å². The summed E-state index contributed by atoms with van der Waals surface area (Å²) in [5.41, 5.74) is 1.43. The van der Waals surface area contributed by atoms with Gasteiger partial charge in [0.25, 0.3) is 10.0 Å². The SMILES string of the molecule is CNc1ncc(S(=O)(=O)Nc2c(Br)cc(C)cc2Br)cn1. The number of anilines is 2. The van der Waals surface area contributed by atoms with Crippen molar-refractivity contribution in [1.82, 2.24) is 9.97 Å². The lowest BCUT2D eigenvalue weighted by molar-refractivity contribution is 0.600. The maximum Gasteiger partial charge on any atom is 0.265 e. The smallest absolute Gasteiger partial charge is 0.265 e. The Balaban J connectivity index is 2.37. The van der Waals surface area contributed by atoms with Gasteiger partial charge < -0.3 is 5.32 Å². The van der Waals surface area contributed by atoms with Crippen LogP contribution in [0.25, 0.3) is 0 Å². The summed E-state index contributed by atoms with van der Waals surface area (Å²) in [7, 11) is -2.10. The number of rotatable bonds is 4. The first kappa shape index (κ1) is 16.2. The van der Waals surface area contributed by atoms with Crippen molar-refractivity contribution in [2.75, 3.05) is 17.1 Å². The van der Waals surface area contributed by atoms with Gasteiger partial charge in [0.2, 0.25) is 5.95 Å². The van der Waals surface area contributed by atoms with Crippen LogP contribution < -0.4 is 10.0 Å². The van der Waals surface area contributed by atoms with Gasteiger partial charge in [-0.2, -0.15) is 0 Å². The van der Waals surface area contributed by atoms with Crippen LogP contribution in [0.3, 0.4) is 0 Å². The molecule has 2 N–H and O–H groups in total. The summed E-state index contributed by atoms with van der Waals surface area (Å²) in [6.45, 7) is 1.91. The van der Waals surface area contributed by atoms with Crippen molar-refractivity contribution in [1.29, 1.82) is 0 Å². The predicted molar refractivity (Wildman–Crippen MR) is 89.0 cm³/mol. The van der Waals surface area contributed by atoms with Crippen LogP contribution in [0.1, 0.15) is 5.56 Å². The average Bonchev–Trinajstić information content (AvgIpc) is 2.43. The summed E-state index contributed by atoms with van der Waals surface area (Å²) in [4.78, 5) is 7.79. The van der Waals surface area contributed by atoms with E-state index in [1.807, 2.05) is 19.1 Å². The zero-order valence-electron chi connectivity index (χ0n) is 11.2. The number of halogens is 2. The van der Waals surface area contributed by atoms with Crippen LogP contribution in [0.15, 0.2) is 38.4 Å². The summed E-state index contributed by atoms with van der Waals surface area (Å²) in [6.07, 6.45) is 2.49. The van der Waals surface area contributed by atoms with E-state index in [2.05, 4.69) is 51.9 Å². The van der Waals surface area contributed by atoms with Gasteiger partial charge in [0.1, 0.15) is 4.90 Å². The van der Waals surface area contributed by atoms with Gasteiger partial charge in [-0.3, -0.25) is 4.72 Å². The maximum atomic E-state index is 12.3. The highest BCUT2D eigenvalue weighted by molar-refractivity contribution is 9.11. The van der Waals surface area contributed by atoms with Crippen LogP contribution in [0, 0.1) is 6.92 Å². The summed E-state index contributed by atoms with van der Waals surface area (Å²) in [5, 5.41) is 2.73. The van der Waals surface area contributed by atoms with E-state index in [1.54, 1.807) is 7.05 Å². The van der Waals surface area contributed by atoms with Crippen molar-refractivity contribution in [2.45, 2.75) is 11.8 Å². The quantitative estimate of drug-likeness (QED) is 0.770. The number of hydrogen-bond donors (Lipinski definition) is 2. The first-order valence-electron chi connectivity index (χ1n) is 5.82. The maximum absolute atomic E-state index is 12.3. The third-order valence-electron chi connectivity index (χ3n) is 2.58. The summed E-state index contributed by atoms with van der Waals surface area (Å²) < 4.78 is 28.5. The summed E-state index contributed by atoms with van der Waals surface area (Å²) in [6, 6.07) is 3.65. The Morgan fingerprint density at radius 2 is 1.62 bits per heavy atom. The molecule has 0 radical (unpaired) electrons. The normalized spacial score (nSPS) is 11.2. The first-order valence-corrected chi connectivity index (χ1v) is 8.88. The van der Waals surface area contributed by atoms with E-state index in [9.17, 15) is 8.42 Å². The molecule has 9 heteroatoms. The molecule has 21 heavy (non-hydrogen) atoms. The third-order valence-corrected chi connectivity index (χ3v) is 5.14. The van der Waals surface area contributed by atoms with E-state index in [1.165, 1.54) is 12.4 Å². The molecule has 0 bridgehead atoms. The lowest BCUT2D eigenvalue weighted by Gasteiger charge is -2.12. The molecular weight excluding hydrogens is 424 g/mol. The molecule has 0 unspecified atom stereocenters. The zero-order valence-corrected chi connectivity index (χ0v) is 15.2. The Morgan fingerprint density at radius 3 is 2.10 bits per heavy atom. The van der Waals surface area contributed by atoms with Gasteiger partial charge in [-0.1, -0.05) is 0 Å². The molecular formula is C12H12Br2N4O2S. The Morgan fingerprint density at radius 1 is 1.10 bits per heavy atom. The fourth-order valence-corrected chi connectivity index (χ4v) is 4.44. The number of hydrogen-bond acceptors (Lipinski definition) is 5. The molecule has 0 fully saturated rings. The van der Waals surface area contributed by atoms with Crippen molar-refractivity contribution in [3.63, 3.8) is 0 Å². The molecule has 1 heterocycles. The van der Waals surface area contributed by atoms with Crippen molar-refractivity contribution in [3.8, 4) is 0 Å². The largest absolute Gasteiger partial charge is 0.357 e. The molecule has 6 nitrogen and oxygen atoms in total.